The second-order valence-corrected chi connectivity index (χ2v) is 6.77. The van der Waals surface area contributed by atoms with E-state index in [1.807, 2.05) is 50.6 Å². The van der Waals surface area contributed by atoms with Crippen molar-refractivity contribution in [2.75, 3.05) is 18.9 Å². The van der Waals surface area contributed by atoms with E-state index in [2.05, 4.69) is 33.1 Å². The summed E-state index contributed by atoms with van der Waals surface area (Å²) < 4.78 is 7.23. The van der Waals surface area contributed by atoms with Gasteiger partial charge in [0.25, 0.3) is 5.91 Å². The Morgan fingerprint density at radius 1 is 1.20 bits per heavy atom. The number of carbonyl (C=O) groups excluding carboxylic acids is 1. The summed E-state index contributed by atoms with van der Waals surface area (Å²) in [5, 5.41) is 6.18. The fourth-order valence-electron chi connectivity index (χ4n) is 2.96. The van der Waals surface area contributed by atoms with Crippen molar-refractivity contribution in [2.24, 2.45) is 12.0 Å². The number of nitrogens with zero attached hydrogens (tertiary/aromatic N) is 3. The van der Waals surface area contributed by atoms with Gasteiger partial charge in [-0.3, -0.25) is 4.79 Å². The van der Waals surface area contributed by atoms with Gasteiger partial charge in [-0.25, -0.2) is 4.99 Å². The molecule has 8 heteroatoms. The Bertz CT molecular complexity index is 966. The highest BCUT2D eigenvalue weighted by Crippen LogP contribution is 2.14. The number of rotatable bonds is 7. The second-order valence-electron chi connectivity index (χ2n) is 6.77. The van der Waals surface area contributed by atoms with Crippen molar-refractivity contribution in [3.8, 4) is 0 Å². The molecule has 3 rings (SSSR count). The van der Waals surface area contributed by atoms with Crippen LogP contribution in [0.15, 0.2) is 70.4 Å². The normalized spacial score (nSPS) is 11.0. The van der Waals surface area contributed by atoms with Gasteiger partial charge in [-0.1, -0.05) is 12.1 Å². The molecule has 0 spiro atoms. The van der Waals surface area contributed by atoms with Gasteiger partial charge in [-0.05, 0) is 48.9 Å². The molecule has 30 heavy (non-hydrogen) atoms. The minimum Gasteiger partial charge on any atom is -0.459 e. The second kappa shape index (κ2) is 11.4. The molecular formula is C22H28IN5O2. The molecule has 0 saturated heterocycles. The van der Waals surface area contributed by atoms with Crippen molar-refractivity contribution in [1.82, 2.24) is 14.8 Å². The van der Waals surface area contributed by atoms with Crippen LogP contribution in [-0.4, -0.2) is 34.9 Å². The van der Waals surface area contributed by atoms with E-state index in [4.69, 9.17) is 9.41 Å². The highest BCUT2D eigenvalue weighted by molar-refractivity contribution is 14.0. The molecule has 3 aromatic rings. The zero-order valence-electron chi connectivity index (χ0n) is 17.5. The lowest BCUT2D eigenvalue weighted by Gasteiger charge is -2.22. The number of benzene rings is 1. The molecule has 160 valence electrons. The number of amides is 1. The highest BCUT2D eigenvalue weighted by Gasteiger charge is 2.10. The summed E-state index contributed by atoms with van der Waals surface area (Å²) in [6.07, 6.45) is 3.52. The lowest BCUT2D eigenvalue weighted by atomic mass is 10.2. The molecule has 0 atom stereocenters. The number of guanidine groups is 1. The van der Waals surface area contributed by atoms with Crippen molar-refractivity contribution in [3.63, 3.8) is 0 Å². The van der Waals surface area contributed by atoms with E-state index < -0.39 is 0 Å². The maximum atomic E-state index is 12.2. The Balaban J connectivity index is 0.00000320. The van der Waals surface area contributed by atoms with Crippen LogP contribution in [0, 0.1) is 0 Å². The van der Waals surface area contributed by atoms with E-state index in [-0.39, 0.29) is 35.6 Å². The number of halogens is 1. The number of carbonyl (C=O) groups is 1. The third kappa shape index (κ3) is 6.38. The van der Waals surface area contributed by atoms with Crippen LogP contribution in [0.1, 0.15) is 28.7 Å². The summed E-state index contributed by atoms with van der Waals surface area (Å²) in [6, 6.07) is 15.1. The largest absolute Gasteiger partial charge is 0.459 e. The van der Waals surface area contributed by atoms with Crippen LogP contribution in [-0.2, 0) is 20.1 Å². The van der Waals surface area contributed by atoms with Gasteiger partial charge in [0.1, 0.15) is 0 Å². The van der Waals surface area contributed by atoms with E-state index in [1.54, 1.807) is 12.1 Å². The third-order valence-electron chi connectivity index (χ3n) is 4.49. The van der Waals surface area contributed by atoms with Gasteiger partial charge < -0.3 is 24.5 Å². The maximum absolute atomic E-state index is 12.2. The lowest BCUT2D eigenvalue weighted by Crippen LogP contribution is -2.38. The molecule has 0 radical (unpaired) electrons. The van der Waals surface area contributed by atoms with Crippen molar-refractivity contribution >= 4 is 41.5 Å². The van der Waals surface area contributed by atoms with Gasteiger partial charge in [0, 0.05) is 38.2 Å². The molecule has 0 bridgehead atoms. The Morgan fingerprint density at radius 3 is 2.70 bits per heavy atom. The Kier molecular flexibility index (Phi) is 8.97. The van der Waals surface area contributed by atoms with Gasteiger partial charge in [0.05, 0.1) is 19.4 Å². The monoisotopic (exact) mass is 521 g/mol. The zero-order valence-corrected chi connectivity index (χ0v) is 19.8. The highest BCUT2D eigenvalue weighted by atomic mass is 127. The van der Waals surface area contributed by atoms with Gasteiger partial charge in [0.15, 0.2) is 11.7 Å². The third-order valence-corrected chi connectivity index (χ3v) is 4.49. The predicted octanol–water partition coefficient (Wildman–Crippen LogP) is 4.09. The van der Waals surface area contributed by atoms with Crippen LogP contribution < -0.4 is 10.6 Å². The van der Waals surface area contributed by atoms with E-state index in [0.717, 1.165) is 24.6 Å². The van der Waals surface area contributed by atoms with Crippen molar-refractivity contribution in [2.45, 2.75) is 20.0 Å². The predicted molar refractivity (Wildman–Crippen MR) is 130 cm³/mol. The first-order valence-corrected chi connectivity index (χ1v) is 9.60. The molecule has 2 heterocycles. The number of aliphatic imine (C=N–C) groups is 1. The summed E-state index contributed by atoms with van der Waals surface area (Å²) >= 11 is 0. The zero-order chi connectivity index (χ0) is 20.6. The smallest absolute Gasteiger partial charge is 0.291 e. The van der Waals surface area contributed by atoms with Crippen LogP contribution >= 0.6 is 24.0 Å². The molecule has 1 amide bonds. The molecular weight excluding hydrogens is 493 g/mol. The Hall–Kier alpha value is -2.75. The number of hydrogen-bond donors (Lipinski definition) is 2. The minimum absolute atomic E-state index is 0. The van der Waals surface area contributed by atoms with E-state index in [0.29, 0.717) is 12.2 Å². The van der Waals surface area contributed by atoms with Crippen molar-refractivity contribution < 1.29 is 9.21 Å². The molecule has 0 unspecified atom stereocenters. The summed E-state index contributed by atoms with van der Waals surface area (Å²) in [5.41, 5.74) is 2.92. The number of hydrogen-bond acceptors (Lipinski definition) is 3. The van der Waals surface area contributed by atoms with Gasteiger partial charge in [-0.15, -0.1) is 24.0 Å². The first kappa shape index (κ1) is 23.5. The quantitative estimate of drug-likeness (QED) is 0.279. The molecule has 0 saturated carbocycles. The standard InChI is InChI=1S/C22H27N5O2.HI/c1-4-23-22(27(3)16-19-10-6-12-26(19)2)24-15-17-8-5-9-18(14-17)25-21(28)20-11-7-13-29-20;/h5-14H,4,15-16H2,1-3H3,(H,23,24)(H,25,28);1H. The average molecular weight is 521 g/mol. The number of nitrogens with one attached hydrogen (secondary N) is 2. The van der Waals surface area contributed by atoms with E-state index in [1.165, 1.54) is 12.0 Å². The topological polar surface area (TPSA) is 74.8 Å². The van der Waals surface area contributed by atoms with Crippen LogP contribution in [0.3, 0.4) is 0 Å². The summed E-state index contributed by atoms with van der Waals surface area (Å²) in [4.78, 5) is 19.0. The maximum Gasteiger partial charge on any atom is 0.291 e. The summed E-state index contributed by atoms with van der Waals surface area (Å²) in [5.74, 6) is 0.843. The molecule has 2 aromatic heterocycles. The van der Waals surface area contributed by atoms with Gasteiger partial charge >= 0.3 is 0 Å². The fourth-order valence-corrected chi connectivity index (χ4v) is 2.96. The number of anilines is 1. The average Bonchev–Trinajstić information content (AvgIpc) is 3.38. The molecule has 0 aliphatic rings. The first-order valence-electron chi connectivity index (χ1n) is 9.60. The van der Waals surface area contributed by atoms with Crippen LogP contribution in [0.5, 0.6) is 0 Å². The van der Waals surface area contributed by atoms with Crippen LogP contribution in [0.25, 0.3) is 0 Å². The molecule has 2 N–H and O–H groups in total. The first-order chi connectivity index (χ1) is 14.1. The van der Waals surface area contributed by atoms with E-state index >= 15 is 0 Å². The number of aryl methyl sites for hydroxylation is 1. The summed E-state index contributed by atoms with van der Waals surface area (Å²) in [6.45, 7) is 4.10. The summed E-state index contributed by atoms with van der Waals surface area (Å²) in [7, 11) is 4.06. The molecule has 0 aliphatic heterocycles. The van der Waals surface area contributed by atoms with Crippen molar-refractivity contribution in [1.29, 1.82) is 0 Å². The Morgan fingerprint density at radius 2 is 2.03 bits per heavy atom. The molecule has 0 fully saturated rings. The van der Waals surface area contributed by atoms with E-state index in [9.17, 15) is 4.79 Å². The molecule has 7 nitrogen and oxygen atoms in total. The Labute approximate surface area is 194 Å². The lowest BCUT2D eigenvalue weighted by molar-refractivity contribution is 0.0996. The molecule has 0 aliphatic carbocycles. The van der Waals surface area contributed by atoms with Gasteiger partial charge in [-0.2, -0.15) is 0 Å². The number of aromatic nitrogens is 1. The molecule has 1 aromatic carbocycles. The van der Waals surface area contributed by atoms with Crippen LogP contribution in [0.2, 0.25) is 0 Å². The number of furan rings is 1. The van der Waals surface area contributed by atoms with Gasteiger partial charge in [0.2, 0.25) is 0 Å². The van der Waals surface area contributed by atoms with Crippen molar-refractivity contribution in [3.05, 3.63) is 78.0 Å². The minimum atomic E-state index is -0.272. The van der Waals surface area contributed by atoms with Crippen LogP contribution in [0.4, 0.5) is 5.69 Å². The fraction of sp³-hybridized carbons (Fsp3) is 0.273. The SMILES string of the molecule is CCNC(=NCc1cccc(NC(=O)c2ccco2)c1)N(C)Cc1cccn1C.I.